The van der Waals surface area contributed by atoms with Gasteiger partial charge in [0.05, 0.1) is 6.04 Å². The Bertz CT molecular complexity index is 788. The molecule has 0 spiro atoms. The third-order valence-corrected chi connectivity index (χ3v) is 4.58. The topological polar surface area (TPSA) is 86.5 Å². The fourth-order valence-corrected chi connectivity index (χ4v) is 3.15. The van der Waals surface area contributed by atoms with Crippen molar-refractivity contribution in [2.75, 3.05) is 0 Å². The Morgan fingerprint density at radius 2 is 1.54 bits per heavy atom. The summed E-state index contributed by atoms with van der Waals surface area (Å²) in [6.07, 6.45) is 0.375. The molecule has 3 rings (SSSR count). The number of ketones is 2. The van der Waals surface area contributed by atoms with Gasteiger partial charge in [-0.25, -0.2) is 0 Å². The third-order valence-electron chi connectivity index (χ3n) is 4.58. The molecule has 2 aromatic carbocycles. The van der Waals surface area contributed by atoms with Crippen LogP contribution in [0.2, 0.25) is 0 Å². The molecule has 0 radical (unpaired) electrons. The Balaban J connectivity index is 1.61. The number of hydrogen-bond acceptors (Lipinski definition) is 5. The van der Waals surface area contributed by atoms with Crippen LogP contribution in [0.25, 0.3) is 0 Å². The van der Waals surface area contributed by atoms with Crippen molar-refractivity contribution in [3.05, 3.63) is 71.8 Å². The second-order valence-corrected chi connectivity index (χ2v) is 6.48. The molecule has 1 unspecified atom stereocenters. The fourth-order valence-electron chi connectivity index (χ4n) is 3.15. The van der Waals surface area contributed by atoms with Gasteiger partial charge >= 0.3 is 5.97 Å². The second kappa shape index (κ2) is 8.06. The van der Waals surface area contributed by atoms with Gasteiger partial charge in [-0.05, 0) is 30.4 Å². The molecule has 1 aliphatic rings. The highest BCUT2D eigenvalue weighted by Gasteiger charge is 2.48. The first-order valence-electron chi connectivity index (χ1n) is 8.67. The van der Waals surface area contributed by atoms with Crippen molar-refractivity contribution >= 4 is 17.5 Å². The molecular weight excluding hydrogens is 330 g/mol. The zero-order chi connectivity index (χ0) is 18.5. The van der Waals surface area contributed by atoms with Crippen LogP contribution in [-0.4, -0.2) is 29.7 Å². The average Bonchev–Trinajstić information content (AvgIpc) is 2.94. The number of esters is 1. The van der Waals surface area contributed by atoms with E-state index >= 15 is 0 Å². The first-order valence-corrected chi connectivity index (χ1v) is 8.67. The third kappa shape index (κ3) is 4.06. The quantitative estimate of drug-likeness (QED) is 0.608. The smallest absolute Gasteiger partial charge is 0.325 e. The van der Waals surface area contributed by atoms with Crippen LogP contribution in [0.4, 0.5) is 0 Å². The van der Waals surface area contributed by atoms with Crippen LogP contribution in [0, 0.1) is 5.92 Å². The average molecular weight is 351 g/mol. The summed E-state index contributed by atoms with van der Waals surface area (Å²) in [5.41, 5.74) is 7.88. The molecule has 1 fully saturated rings. The lowest BCUT2D eigenvalue weighted by atomic mass is 9.90. The number of carbonyl (C=O) groups is 3. The van der Waals surface area contributed by atoms with Crippen LogP contribution in [0.3, 0.4) is 0 Å². The highest BCUT2D eigenvalue weighted by atomic mass is 16.6. The summed E-state index contributed by atoms with van der Waals surface area (Å²) in [5.74, 6) is -3.21. The van der Waals surface area contributed by atoms with Crippen molar-refractivity contribution < 1.29 is 19.1 Å². The van der Waals surface area contributed by atoms with Gasteiger partial charge in [-0.1, -0.05) is 60.7 Å². The predicted molar refractivity (Wildman–Crippen MR) is 96.3 cm³/mol. The minimum absolute atomic E-state index is 0.283. The molecule has 5 heteroatoms. The molecule has 0 amide bonds. The van der Waals surface area contributed by atoms with Gasteiger partial charge in [-0.3, -0.25) is 14.4 Å². The molecule has 1 heterocycles. The SMILES string of the molecule is N[C@H](Cc1ccccc1)C(=O)C1C(=O)O[C@H](CCc2ccccc2)C1=O. The molecule has 26 heavy (non-hydrogen) atoms. The number of ether oxygens (including phenoxy) is 1. The summed E-state index contributed by atoms with van der Waals surface area (Å²) in [6.45, 7) is 0. The van der Waals surface area contributed by atoms with E-state index in [1.807, 2.05) is 60.7 Å². The van der Waals surface area contributed by atoms with E-state index < -0.39 is 35.6 Å². The Hall–Kier alpha value is -2.79. The normalized spacial score (nSPS) is 20.7. The molecule has 134 valence electrons. The number of rotatable bonds is 7. The fraction of sp³-hybridized carbons (Fsp3) is 0.286. The Labute approximate surface area is 152 Å². The highest BCUT2D eigenvalue weighted by molar-refractivity contribution is 6.22. The zero-order valence-corrected chi connectivity index (χ0v) is 14.3. The number of aryl methyl sites for hydroxylation is 1. The van der Waals surface area contributed by atoms with Gasteiger partial charge in [0, 0.05) is 0 Å². The van der Waals surface area contributed by atoms with Crippen molar-refractivity contribution in [3.63, 3.8) is 0 Å². The van der Waals surface area contributed by atoms with E-state index in [0.717, 1.165) is 11.1 Å². The summed E-state index contributed by atoms with van der Waals surface area (Å²) >= 11 is 0. The van der Waals surface area contributed by atoms with Crippen molar-refractivity contribution in [2.24, 2.45) is 11.7 Å². The Morgan fingerprint density at radius 1 is 0.962 bits per heavy atom. The number of Topliss-reactive ketones (excluding diaryl/α,β-unsaturated/α-hetero) is 2. The first-order chi connectivity index (χ1) is 12.6. The molecular formula is C21H21NO4. The number of benzene rings is 2. The second-order valence-electron chi connectivity index (χ2n) is 6.48. The number of carbonyl (C=O) groups excluding carboxylic acids is 3. The zero-order valence-electron chi connectivity index (χ0n) is 14.3. The Kier molecular flexibility index (Phi) is 5.58. The van der Waals surface area contributed by atoms with Crippen molar-refractivity contribution in [1.29, 1.82) is 0 Å². The van der Waals surface area contributed by atoms with Crippen LogP contribution in [0.5, 0.6) is 0 Å². The van der Waals surface area contributed by atoms with Gasteiger partial charge in [-0.2, -0.15) is 0 Å². The molecule has 0 aromatic heterocycles. The maximum Gasteiger partial charge on any atom is 0.325 e. The molecule has 0 saturated carbocycles. The summed E-state index contributed by atoms with van der Waals surface area (Å²) in [4.78, 5) is 37.1. The maximum atomic E-state index is 12.5. The van der Waals surface area contributed by atoms with E-state index in [4.69, 9.17) is 10.5 Å². The number of cyclic esters (lactones) is 1. The van der Waals surface area contributed by atoms with Crippen LogP contribution >= 0.6 is 0 Å². The first kappa shape index (κ1) is 18.0. The summed E-state index contributed by atoms with van der Waals surface area (Å²) in [5, 5.41) is 0. The minimum Gasteiger partial charge on any atom is -0.453 e. The van der Waals surface area contributed by atoms with Gasteiger partial charge in [0.15, 0.2) is 23.6 Å². The van der Waals surface area contributed by atoms with Crippen LogP contribution < -0.4 is 5.73 Å². The van der Waals surface area contributed by atoms with E-state index in [0.29, 0.717) is 12.8 Å². The van der Waals surface area contributed by atoms with Crippen molar-refractivity contribution in [2.45, 2.75) is 31.4 Å². The van der Waals surface area contributed by atoms with E-state index in [2.05, 4.69) is 0 Å². The van der Waals surface area contributed by atoms with Gasteiger partial charge < -0.3 is 10.5 Å². The van der Waals surface area contributed by atoms with Gasteiger partial charge in [-0.15, -0.1) is 0 Å². The van der Waals surface area contributed by atoms with Gasteiger partial charge in [0.2, 0.25) is 0 Å². The van der Waals surface area contributed by atoms with Crippen molar-refractivity contribution in [1.82, 2.24) is 0 Å². The lowest BCUT2D eigenvalue weighted by molar-refractivity contribution is -0.147. The van der Waals surface area contributed by atoms with E-state index in [1.54, 1.807) is 0 Å². The largest absolute Gasteiger partial charge is 0.453 e. The summed E-state index contributed by atoms with van der Waals surface area (Å²) in [6, 6.07) is 18.0. The van der Waals surface area contributed by atoms with E-state index in [1.165, 1.54) is 0 Å². The summed E-state index contributed by atoms with van der Waals surface area (Å²) < 4.78 is 5.16. The minimum atomic E-state index is -1.39. The molecule has 2 N–H and O–H groups in total. The maximum absolute atomic E-state index is 12.5. The monoisotopic (exact) mass is 351 g/mol. The van der Waals surface area contributed by atoms with Crippen LogP contribution in [-0.2, 0) is 32.0 Å². The Morgan fingerprint density at radius 3 is 2.15 bits per heavy atom. The molecule has 0 aliphatic carbocycles. The number of nitrogens with two attached hydrogens (primary N) is 1. The van der Waals surface area contributed by atoms with Crippen molar-refractivity contribution in [3.8, 4) is 0 Å². The van der Waals surface area contributed by atoms with Gasteiger partial charge in [0.25, 0.3) is 0 Å². The summed E-state index contributed by atoms with van der Waals surface area (Å²) in [7, 11) is 0. The molecule has 1 saturated heterocycles. The van der Waals surface area contributed by atoms with Crippen LogP contribution in [0.1, 0.15) is 17.5 Å². The molecule has 3 atom stereocenters. The molecule has 2 aromatic rings. The lowest BCUT2D eigenvalue weighted by Gasteiger charge is -2.12. The number of hydrogen-bond donors (Lipinski definition) is 1. The molecule has 5 nitrogen and oxygen atoms in total. The predicted octanol–water partition coefficient (Wildman–Crippen LogP) is 1.87. The van der Waals surface area contributed by atoms with E-state index in [-0.39, 0.29) is 6.42 Å². The van der Waals surface area contributed by atoms with E-state index in [9.17, 15) is 14.4 Å². The molecule has 0 bridgehead atoms. The van der Waals surface area contributed by atoms with Crippen LogP contribution in [0.15, 0.2) is 60.7 Å². The molecule has 1 aliphatic heterocycles. The highest BCUT2D eigenvalue weighted by Crippen LogP contribution is 2.23. The van der Waals surface area contributed by atoms with Gasteiger partial charge in [0.1, 0.15) is 0 Å². The standard InChI is InChI=1S/C21H21NO4/c22-16(13-15-9-5-2-6-10-15)19(23)18-20(24)17(26-21(18)25)12-11-14-7-3-1-4-8-14/h1-10,16-18H,11-13,22H2/t16-,17-,18?/m1/s1. The lowest BCUT2D eigenvalue weighted by Crippen LogP contribution is -2.42.